The van der Waals surface area contributed by atoms with Gasteiger partial charge in [0, 0.05) is 12.8 Å². The van der Waals surface area contributed by atoms with Crippen LogP contribution in [0.3, 0.4) is 0 Å². The Hall–Kier alpha value is -1.66. The van der Waals surface area contributed by atoms with E-state index in [-0.39, 0.29) is 5.84 Å². The first-order valence-electron chi connectivity index (χ1n) is 5.86. The van der Waals surface area contributed by atoms with Gasteiger partial charge in [-0.3, -0.25) is 4.98 Å². The molecule has 100 valence electrons. The van der Waals surface area contributed by atoms with Crippen molar-refractivity contribution in [2.45, 2.75) is 20.0 Å². The predicted molar refractivity (Wildman–Crippen MR) is 67.5 cm³/mol. The van der Waals surface area contributed by atoms with Crippen LogP contribution in [-0.2, 0) is 16.1 Å². The highest BCUT2D eigenvalue weighted by atomic mass is 16.5. The number of amidine groups is 1. The second-order valence-corrected chi connectivity index (χ2v) is 3.70. The second kappa shape index (κ2) is 8.43. The van der Waals surface area contributed by atoms with Crippen molar-refractivity contribution in [3.8, 4) is 0 Å². The fourth-order valence-electron chi connectivity index (χ4n) is 1.31. The van der Waals surface area contributed by atoms with Gasteiger partial charge < -0.3 is 20.4 Å². The number of aromatic nitrogens is 1. The molecule has 0 saturated carbocycles. The maximum absolute atomic E-state index is 8.55. The Bertz CT molecular complexity index is 383. The average Bonchev–Trinajstić information content (AvgIpc) is 2.42. The summed E-state index contributed by atoms with van der Waals surface area (Å²) in [4.78, 5) is 3.98. The van der Waals surface area contributed by atoms with E-state index in [4.69, 9.17) is 20.4 Å². The van der Waals surface area contributed by atoms with Gasteiger partial charge >= 0.3 is 0 Å². The molecule has 6 nitrogen and oxygen atoms in total. The molecule has 0 spiro atoms. The van der Waals surface area contributed by atoms with Gasteiger partial charge in [0.2, 0.25) is 0 Å². The lowest BCUT2D eigenvalue weighted by molar-refractivity contribution is 0.0408. The van der Waals surface area contributed by atoms with E-state index in [0.717, 1.165) is 18.6 Å². The number of oxime groups is 1. The number of hydrogen-bond donors (Lipinski definition) is 2. The van der Waals surface area contributed by atoms with Crippen molar-refractivity contribution in [2.75, 3.05) is 19.8 Å². The molecule has 0 atom stereocenters. The van der Waals surface area contributed by atoms with Crippen LogP contribution in [0.5, 0.6) is 0 Å². The van der Waals surface area contributed by atoms with Crippen LogP contribution in [0.2, 0.25) is 0 Å². The molecule has 0 aliphatic heterocycles. The Kier molecular flexibility index (Phi) is 6.75. The Labute approximate surface area is 106 Å². The molecule has 1 aromatic heterocycles. The van der Waals surface area contributed by atoms with Gasteiger partial charge in [-0.2, -0.15) is 0 Å². The van der Waals surface area contributed by atoms with Crippen LogP contribution in [0.1, 0.15) is 24.6 Å². The molecule has 1 heterocycles. The number of ether oxygens (including phenoxy) is 2. The highest BCUT2D eigenvalue weighted by Crippen LogP contribution is 2.03. The van der Waals surface area contributed by atoms with Crippen LogP contribution in [0, 0.1) is 0 Å². The van der Waals surface area contributed by atoms with Crippen molar-refractivity contribution < 1.29 is 14.7 Å². The van der Waals surface area contributed by atoms with E-state index in [0.29, 0.717) is 25.5 Å². The molecule has 0 fully saturated rings. The first kappa shape index (κ1) is 14.4. The molecule has 18 heavy (non-hydrogen) atoms. The molecule has 1 aromatic rings. The van der Waals surface area contributed by atoms with E-state index < -0.39 is 0 Å². The first-order valence-corrected chi connectivity index (χ1v) is 5.86. The van der Waals surface area contributed by atoms with Crippen molar-refractivity contribution >= 4 is 5.84 Å². The fourth-order valence-corrected chi connectivity index (χ4v) is 1.31. The zero-order valence-electron chi connectivity index (χ0n) is 10.5. The Balaban J connectivity index is 2.34. The van der Waals surface area contributed by atoms with Gasteiger partial charge in [0.15, 0.2) is 5.84 Å². The summed E-state index contributed by atoms with van der Waals surface area (Å²) in [6.45, 7) is 4.40. The van der Waals surface area contributed by atoms with Crippen LogP contribution in [0.15, 0.2) is 23.5 Å². The molecule has 0 unspecified atom stereocenters. The molecule has 0 saturated heterocycles. The average molecular weight is 253 g/mol. The molecule has 0 radical (unpaired) electrons. The van der Waals surface area contributed by atoms with E-state index >= 15 is 0 Å². The molecule has 1 rings (SSSR count). The molecule has 0 aliphatic rings. The van der Waals surface area contributed by atoms with E-state index in [2.05, 4.69) is 17.1 Å². The van der Waals surface area contributed by atoms with Gasteiger partial charge in [0.05, 0.1) is 19.8 Å². The normalized spacial score (nSPS) is 11.7. The molecule has 0 bridgehead atoms. The summed E-state index contributed by atoms with van der Waals surface area (Å²) in [7, 11) is 0. The Morgan fingerprint density at radius 1 is 1.39 bits per heavy atom. The summed E-state index contributed by atoms with van der Waals surface area (Å²) in [6.07, 6.45) is 2.60. The van der Waals surface area contributed by atoms with Crippen LogP contribution < -0.4 is 5.73 Å². The van der Waals surface area contributed by atoms with E-state index in [1.807, 2.05) is 6.07 Å². The van der Waals surface area contributed by atoms with Crippen LogP contribution in [0.4, 0.5) is 0 Å². The van der Waals surface area contributed by atoms with E-state index in [1.165, 1.54) is 0 Å². The lowest BCUT2D eigenvalue weighted by Gasteiger charge is -2.06. The standard InChI is InChI=1S/C12H19N3O3/c1-2-5-17-6-7-18-9-10-3-4-14-11(8-10)12(13)15-16/h3-4,8,16H,2,5-7,9H2,1H3,(H2,13,15). The van der Waals surface area contributed by atoms with Gasteiger partial charge in [-0.1, -0.05) is 12.1 Å². The molecule has 0 amide bonds. The first-order chi connectivity index (χ1) is 8.77. The lowest BCUT2D eigenvalue weighted by atomic mass is 10.2. The van der Waals surface area contributed by atoms with Gasteiger partial charge in [-0.15, -0.1) is 0 Å². The minimum absolute atomic E-state index is 0.0110. The molecule has 3 N–H and O–H groups in total. The topological polar surface area (TPSA) is 90.0 Å². The van der Waals surface area contributed by atoms with Crippen LogP contribution in [-0.4, -0.2) is 35.8 Å². The van der Waals surface area contributed by atoms with Crippen molar-refractivity contribution in [1.29, 1.82) is 0 Å². The molecule has 0 aromatic carbocycles. The summed E-state index contributed by atoms with van der Waals surface area (Å²) in [6, 6.07) is 3.54. The molecule has 6 heteroatoms. The molecular weight excluding hydrogens is 234 g/mol. The third-order valence-corrected chi connectivity index (χ3v) is 2.18. The largest absolute Gasteiger partial charge is 0.409 e. The Morgan fingerprint density at radius 3 is 2.89 bits per heavy atom. The predicted octanol–water partition coefficient (Wildman–Crippen LogP) is 1.12. The SMILES string of the molecule is CCCOCCOCc1ccnc(C(N)=NO)c1. The summed E-state index contributed by atoms with van der Waals surface area (Å²) in [5, 5.41) is 11.5. The number of rotatable bonds is 8. The molecular formula is C12H19N3O3. The van der Waals surface area contributed by atoms with Gasteiger partial charge in [-0.25, -0.2) is 0 Å². The monoisotopic (exact) mass is 253 g/mol. The second-order valence-electron chi connectivity index (χ2n) is 3.70. The van der Waals surface area contributed by atoms with Crippen molar-refractivity contribution in [3.05, 3.63) is 29.6 Å². The highest BCUT2D eigenvalue weighted by molar-refractivity contribution is 5.95. The van der Waals surface area contributed by atoms with E-state index in [9.17, 15) is 0 Å². The van der Waals surface area contributed by atoms with Crippen LogP contribution >= 0.6 is 0 Å². The zero-order valence-corrected chi connectivity index (χ0v) is 10.5. The van der Waals surface area contributed by atoms with Gasteiger partial charge in [0.25, 0.3) is 0 Å². The summed E-state index contributed by atoms with van der Waals surface area (Å²) in [5.41, 5.74) is 6.80. The minimum atomic E-state index is -0.0110. The number of nitrogens with two attached hydrogens (primary N) is 1. The van der Waals surface area contributed by atoms with Gasteiger partial charge in [0.1, 0.15) is 5.69 Å². The van der Waals surface area contributed by atoms with Crippen LogP contribution in [0.25, 0.3) is 0 Å². The highest BCUT2D eigenvalue weighted by Gasteiger charge is 2.02. The third-order valence-electron chi connectivity index (χ3n) is 2.18. The van der Waals surface area contributed by atoms with Gasteiger partial charge in [-0.05, 0) is 24.1 Å². The third kappa shape index (κ3) is 5.11. The number of hydrogen-bond acceptors (Lipinski definition) is 5. The number of nitrogens with zero attached hydrogens (tertiary/aromatic N) is 2. The Morgan fingerprint density at radius 2 is 2.17 bits per heavy atom. The smallest absolute Gasteiger partial charge is 0.188 e. The minimum Gasteiger partial charge on any atom is -0.409 e. The van der Waals surface area contributed by atoms with E-state index in [1.54, 1.807) is 12.3 Å². The quantitative estimate of drug-likeness (QED) is 0.238. The van der Waals surface area contributed by atoms with Crippen molar-refractivity contribution in [2.24, 2.45) is 10.9 Å². The number of pyridine rings is 1. The summed E-state index contributed by atoms with van der Waals surface area (Å²) >= 11 is 0. The lowest BCUT2D eigenvalue weighted by Crippen LogP contribution is -2.15. The zero-order chi connectivity index (χ0) is 13.2. The maximum atomic E-state index is 8.55. The summed E-state index contributed by atoms with van der Waals surface area (Å²) < 4.78 is 10.7. The molecule has 0 aliphatic carbocycles. The van der Waals surface area contributed by atoms with Crippen molar-refractivity contribution in [3.63, 3.8) is 0 Å². The fraction of sp³-hybridized carbons (Fsp3) is 0.500. The van der Waals surface area contributed by atoms with Crippen molar-refractivity contribution in [1.82, 2.24) is 4.98 Å². The maximum Gasteiger partial charge on any atom is 0.188 e. The summed E-state index contributed by atoms with van der Waals surface area (Å²) in [5.74, 6) is -0.0110.